The molecule has 2 aliphatic rings. The van der Waals surface area contributed by atoms with E-state index < -0.39 is 0 Å². The first-order valence-electron chi connectivity index (χ1n) is 10.1. The summed E-state index contributed by atoms with van der Waals surface area (Å²) in [5.41, 5.74) is 2.06. The van der Waals surface area contributed by atoms with Crippen LogP contribution in [0.2, 0.25) is 15.1 Å². The molecule has 162 valence electrons. The van der Waals surface area contributed by atoms with E-state index in [1.807, 2.05) is 12.1 Å². The van der Waals surface area contributed by atoms with E-state index in [0.29, 0.717) is 31.6 Å². The fourth-order valence-corrected chi connectivity index (χ4v) is 4.95. The normalized spacial score (nSPS) is 18.5. The summed E-state index contributed by atoms with van der Waals surface area (Å²) in [4.78, 5) is 14.6. The molecule has 1 N–H and O–H groups in total. The number of carbonyl (C=O) groups is 1. The van der Waals surface area contributed by atoms with Crippen LogP contribution in [-0.4, -0.2) is 22.0 Å². The van der Waals surface area contributed by atoms with Gasteiger partial charge >= 0.3 is 0 Å². The number of hydrogen-bond acceptors (Lipinski definition) is 3. The van der Waals surface area contributed by atoms with E-state index in [1.165, 1.54) is 6.42 Å². The summed E-state index contributed by atoms with van der Waals surface area (Å²) >= 11 is 24.0. The summed E-state index contributed by atoms with van der Waals surface area (Å²) < 4.78 is 5.81. The number of nitrogens with one attached hydrogen (secondary N) is 1. The fourth-order valence-electron chi connectivity index (χ4n) is 3.90. The third-order valence-corrected chi connectivity index (χ3v) is 6.70. The van der Waals surface area contributed by atoms with Crippen LogP contribution in [0, 0.1) is 0 Å². The number of ether oxygens (including phenoxy) is 1. The smallest absolute Gasteiger partial charge is 0.276 e. The molecule has 4 nitrogen and oxygen atoms in total. The van der Waals surface area contributed by atoms with Crippen molar-refractivity contribution in [2.75, 3.05) is 0 Å². The lowest BCUT2D eigenvalue weighted by atomic mass is 9.94. The zero-order valence-electron chi connectivity index (χ0n) is 16.7. The van der Waals surface area contributed by atoms with Gasteiger partial charge in [-0.05, 0) is 61.0 Å². The topological polar surface area (TPSA) is 41.6 Å². The Morgan fingerprint density at radius 1 is 1.06 bits per heavy atom. The van der Waals surface area contributed by atoms with Gasteiger partial charge in [-0.15, -0.1) is 0 Å². The van der Waals surface area contributed by atoms with Crippen molar-refractivity contribution in [3.05, 3.63) is 68.3 Å². The van der Waals surface area contributed by atoms with Gasteiger partial charge in [0, 0.05) is 21.7 Å². The zero-order valence-corrected chi connectivity index (χ0v) is 19.8. The molecule has 1 saturated heterocycles. The number of rotatable bonds is 5. The van der Waals surface area contributed by atoms with Crippen molar-refractivity contribution in [1.29, 1.82) is 0 Å². The van der Waals surface area contributed by atoms with Crippen LogP contribution in [-0.2, 0) is 11.4 Å². The van der Waals surface area contributed by atoms with E-state index >= 15 is 0 Å². The van der Waals surface area contributed by atoms with Gasteiger partial charge in [0.1, 0.15) is 18.1 Å². The highest BCUT2D eigenvalue weighted by Gasteiger charge is 2.36. The number of thiocarbonyl (C=S) groups is 1. The molecule has 1 saturated carbocycles. The van der Waals surface area contributed by atoms with Crippen molar-refractivity contribution in [1.82, 2.24) is 10.2 Å². The van der Waals surface area contributed by atoms with Gasteiger partial charge < -0.3 is 10.1 Å². The Labute approximate surface area is 202 Å². The highest BCUT2D eigenvalue weighted by Crippen LogP contribution is 2.30. The molecule has 8 heteroatoms. The van der Waals surface area contributed by atoms with E-state index in [1.54, 1.807) is 35.2 Å². The molecule has 1 aliphatic carbocycles. The average Bonchev–Trinajstić information content (AvgIpc) is 3.02. The van der Waals surface area contributed by atoms with Crippen LogP contribution in [0.4, 0.5) is 0 Å². The molecule has 2 fully saturated rings. The van der Waals surface area contributed by atoms with E-state index in [9.17, 15) is 4.79 Å². The lowest BCUT2D eigenvalue weighted by Gasteiger charge is -2.29. The third kappa shape index (κ3) is 5.17. The maximum absolute atomic E-state index is 12.9. The van der Waals surface area contributed by atoms with E-state index in [2.05, 4.69) is 5.32 Å². The predicted molar refractivity (Wildman–Crippen MR) is 130 cm³/mol. The minimum Gasteiger partial charge on any atom is -0.487 e. The number of carbonyl (C=O) groups excluding carboxylic acids is 1. The van der Waals surface area contributed by atoms with E-state index in [4.69, 9.17) is 51.8 Å². The Morgan fingerprint density at radius 2 is 1.84 bits per heavy atom. The summed E-state index contributed by atoms with van der Waals surface area (Å²) in [6.45, 7) is 0.265. The van der Waals surface area contributed by atoms with Crippen molar-refractivity contribution in [3.63, 3.8) is 0 Å². The monoisotopic (exact) mass is 494 g/mol. The Balaban J connectivity index is 1.45. The third-order valence-electron chi connectivity index (χ3n) is 5.51. The zero-order chi connectivity index (χ0) is 22.0. The van der Waals surface area contributed by atoms with Crippen LogP contribution in [0.3, 0.4) is 0 Å². The number of hydrogen-bond donors (Lipinski definition) is 1. The number of nitrogens with zero attached hydrogens (tertiary/aromatic N) is 1. The fraction of sp³-hybridized carbons (Fsp3) is 0.304. The largest absolute Gasteiger partial charge is 0.487 e. The Kier molecular flexibility index (Phi) is 7.07. The first-order valence-corrected chi connectivity index (χ1v) is 11.7. The molecule has 1 heterocycles. The van der Waals surface area contributed by atoms with Gasteiger partial charge in [0.05, 0.1) is 5.02 Å². The lowest BCUT2D eigenvalue weighted by molar-refractivity contribution is -0.124. The Bertz CT molecular complexity index is 1050. The van der Waals surface area contributed by atoms with Crippen molar-refractivity contribution in [2.24, 2.45) is 0 Å². The molecule has 2 aromatic carbocycles. The van der Waals surface area contributed by atoms with Gasteiger partial charge in [-0.3, -0.25) is 9.69 Å². The molecule has 1 aliphatic heterocycles. The van der Waals surface area contributed by atoms with Crippen molar-refractivity contribution in [2.45, 2.75) is 44.8 Å². The van der Waals surface area contributed by atoms with Crippen molar-refractivity contribution >= 4 is 64.1 Å². The molecular formula is C23H21Cl3N2O2S. The minimum atomic E-state index is -0.0780. The lowest BCUT2D eigenvalue weighted by Crippen LogP contribution is -2.41. The van der Waals surface area contributed by atoms with Crippen LogP contribution in [0.15, 0.2) is 42.1 Å². The van der Waals surface area contributed by atoms with Gasteiger partial charge in [0.2, 0.25) is 0 Å². The summed E-state index contributed by atoms with van der Waals surface area (Å²) in [5, 5.41) is 5.09. The second-order valence-electron chi connectivity index (χ2n) is 7.67. The summed E-state index contributed by atoms with van der Waals surface area (Å²) in [5.74, 6) is 0.450. The van der Waals surface area contributed by atoms with Crippen LogP contribution < -0.4 is 10.1 Å². The van der Waals surface area contributed by atoms with Crippen LogP contribution in [0.5, 0.6) is 5.75 Å². The van der Waals surface area contributed by atoms with Gasteiger partial charge in [-0.25, -0.2) is 0 Å². The second kappa shape index (κ2) is 9.78. The molecule has 0 bridgehead atoms. The standard InChI is InChI=1S/C23H21Cl3N2O2S/c24-16-8-7-15(18(25)12-16)13-30-21-9-6-14(10-19(21)26)11-20-22(29)28(23(31)27-20)17-4-2-1-3-5-17/h6-12,17H,1-5,13H2,(H,27,31)/b20-11-. The van der Waals surface area contributed by atoms with Gasteiger partial charge in [-0.2, -0.15) is 0 Å². The number of halogens is 3. The molecular weight excluding hydrogens is 475 g/mol. The SMILES string of the molecule is O=C1/C(=C/c2ccc(OCc3ccc(Cl)cc3Cl)c(Cl)c2)NC(=S)N1C1CCCCC1. The highest BCUT2D eigenvalue weighted by molar-refractivity contribution is 7.80. The maximum Gasteiger partial charge on any atom is 0.276 e. The Morgan fingerprint density at radius 3 is 2.55 bits per heavy atom. The molecule has 31 heavy (non-hydrogen) atoms. The predicted octanol–water partition coefficient (Wildman–Crippen LogP) is 6.62. The van der Waals surface area contributed by atoms with Gasteiger partial charge in [0.15, 0.2) is 5.11 Å². The first kappa shape index (κ1) is 22.4. The molecule has 0 radical (unpaired) electrons. The Hall–Kier alpha value is -1.79. The molecule has 0 unspecified atom stereocenters. The molecule has 0 spiro atoms. The molecule has 0 atom stereocenters. The van der Waals surface area contributed by atoms with Gasteiger partial charge in [-0.1, -0.05) is 66.2 Å². The molecule has 2 aromatic rings. The quantitative estimate of drug-likeness (QED) is 0.374. The number of amides is 1. The van der Waals surface area contributed by atoms with Crippen LogP contribution in [0.25, 0.3) is 6.08 Å². The summed E-state index contributed by atoms with van der Waals surface area (Å²) in [7, 11) is 0. The van der Waals surface area contributed by atoms with E-state index in [-0.39, 0.29) is 18.6 Å². The minimum absolute atomic E-state index is 0.0780. The van der Waals surface area contributed by atoms with Crippen molar-refractivity contribution < 1.29 is 9.53 Å². The molecule has 1 amide bonds. The van der Waals surface area contributed by atoms with E-state index in [0.717, 1.165) is 36.8 Å². The molecule has 0 aromatic heterocycles. The summed E-state index contributed by atoms with van der Waals surface area (Å²) in [6.07, 6.45) is 7.25. The second-order valence-corrected chi connectivity index (χ2v) is 9.31. The highest BCUT2D eigenvalue weighted by atomic mass is 35.5. The number of benzene rings is 2. The van der Waals surface area contributed by atoms with Crippen LogP contribution >= 0.6 is 47.0 Å². The average molecular weight is 496 g/mol. The van der Waals surface area contributed by atoms with Crippen LogP contribution in [0.1, 0.15) is 43.2 Å². The van der Waals surface area contributed by atoms with Crippen molar-refractivity contribution in [3.8, 4) is 5.75 Å². The summed E-state index contributed by atoms with van der Waals surface area (Å²) in [6, 6.07) is 10.8. The molecule has 4 rings (SSSR count). The first-order chi connectivity index (χ1) is 14.9. The maximum atomic E-state index is 12.9. The van der Waals surface area contributed by atoms with Gasteiger partial charge in [0.25, 0.3) is 5.91 Å².